The Hall–Kier alpha value is -1.37. The molecule has 6 heteroatoms. The zero-order valence-electron chi connectivity index (χ0n) is 10.9. The Kier molecular flexibility index (Phi) is 3.78. The van der Waals surface area contributed by atoms with Gasteiger partial charge in [0.15, 0.2) is 0 Å². The fourth-order valence-corrected chi connectivity index (χ4v) is 3.01. The number of rotatable bonds is 3. The highest BCUT2D eigenvalue weighted by Gasteiger charge is 2.30. The molecule has 1 aliphatic rings. The van der Waals surface area contributed by atoms with E-state index in [1.807, 2.05) is 6.07 Å². The average molecular weight is 338 g/mol. The molecule has 2 heterocycles. The standard InChI is InChI=1S/C14H16BrN3O2/c15-10-2-1-9-5-6-18(12(9)7-10)8-11-3-4-13(20-11)14(19)17-16/h1-2,5-7,11,13H,3-4,8,16H2,(H,17,19). The number of amides is 1. The molecular weight excluding hydrogens is 322 g/mol. The van der Waals surface area contributed by atoms with Crippen LogP contribution >= 0.6 is 15.9 Å². The Morgan fingerprint density at radius 1 is 1.45 bits per heavy atom. The minimum absolute atomic E-state index is 0.0480. The maximum Gasteiger partial charge on any atom is 0.263 e. The van der Waals surface area contributed by atoms with E-state index in [0.29, 0.717) is 0 Å². The van der Waals surface area contributed by atoms with E-state index in [2.05, 4.69) is 50.3 Å². The van der Waals surface area contributed by atoms with Gasteiger partial charge >= 0.3 is 0 Å². The van der Waals surface area contributed by atoms with Crippen LogP contribution in [-0.2, 0) is 16.1 Å². The van der Waals surface area contributed by atoms with Gasteiger partial charge in [0.2, 0.25) is 0 Å². The lowest BCUT2D eigenvalue weighted by molar-refractivity contribution is -0.132. The third kappa shape index (κ3) is 2.59. The second-order valence-corrected chi connectivity index (χ2v) is 5.92. The fraction of sp³-hybridized carbons (Fsp3) is 0.357. The predicted molar refractivity (Wildman–Crippen MR) is 79.9 cm³/mol. The van der Waals surface area contributed by atoms with Crippen LogP contribution in [0.3, 0.4) is 0 Å². The van der Waals surface area contributed by atoms with Crippen molar-refractivity contribution in [3.05, 3.63) is 34.9 Å². The summed E-state index contributed by atoms with van der Waals surface area (Å²) >= 11 is 3.49. The van der Waals surface area contributed by atoms with E-state index >= 15 is 0 Å². The summed E-state index contributed by atoms with van der Waals surface area (Å²) < 4.78 is 8.96. The van der Waals surface area contributed by atoms with E-state index in [1.165, 1.54) is 5.39 Å². The molecule has 0 bridgehead atoms. The van der Waals surface area contributed by atoms with E-state index in [4.69, 9.17) is 10.6 Å². The van der Waals surface area contributed by atoms with Crippen molar-refractivity contribution in [2.24, 2.45) is 5.84 Å². The number of nitrogens with two attached hydrogens (primary N) is 1. The van der Waals surface area contributed by atoms with Gasteiger partial charge in [-0.05, 0) is 36.4 Å². The van der Waals surface area contributed by atoms with E-state index in [-0.39, 0.29) is 12.0 Å². The molecule has 20 heavy (non-hydrogen) atoms. The van der Waals surface area contributed by atoms with E-state index in [1.54, 1.807) is 0 Å². The summed E-state index contributed by atoms with van der Waals surface area (Å²) in [6.45, 7) is 0.744. The van der Waals surface area contributed by atoms with E-state index < -0.39 is 6.10 Å². The van der Waals surface area contributed by atoms with Gasteiger partial charge in [0.1, 0.15) is 6.10 Å². The van der Waals surface area contributed by atoms with Gasteiger partial charge in [-0.1, -0.05) is 22.0 Å². The van der Waals surface area contributed by atoms with Gasteiger partial charge in [-0.25, -0.2) is 5.84 Å². The Labute approximate surface area is 125 Å². The number of carbonyl (C=O) groups excluding carboxylic acids is 1. The maximum absolute atomic E-state index is 11.4. The second kappa shape index (κ2) is 5.55. The first-order valence-electron chi connectivity index (χ1n) is 6.57. The van der Waals surface area contributed by atoms with E-state index in [9.17, 15) is 4.79 Å². The van der Waals surface area contributed by atoms with Crippen molar-refractivity contribution in [2.75, 3.05) is 0 Å². The second-order valence-electron chi connectivity index (χ2n) is 5.00. The first-order valence-corrected chi connectivity index (χ1v) is 7.37. The number of aromatic nitrogens is 1. The van der Waals surface area contributed by atoms with Gasteiger partial charge in [-0.2, -0.15) is 0 Å². The molecule has 5 nitrogen and oxygen atoms in total. The quantitative estimate of drug-likeness (QED) is 0.511. The summed E-state index contributed by atoms with van der Waals surface area (Å²) in [5.74, 6) is 4.89. The van der Waals surface area contributed by atoms with Crippen molar-refractivity contribution < 1.29 is 9.53 Å². The van der Waals surface area contributed by atoms with Crippen LogP contribution in [0.25, 0.3) is 10.9 Å². The van der Waals surface area contributed by atoms with Gasteiger partial charge in [0, 0.05) is 22.7 Å². The predicted octanol–water partition coefficient (Wildman–Crippen LogP) is 1.94. The molecule has 0 spiro atoms. The number of halogens is 1. The average Bonchev–Trinajstić information content (AvgIpc) is 3.06. The third-order valence-corrected chi connectivity index (χ3v) is 4.17. The number of nitrogens with zero attached hydrogens (tertiary/aromatic N) is 1. The van der Waals surface area contributed by atoms with Gasteiger partial charge in [-0.15, -0.1) is 0 Å². The smallest absolute Gasteiger partial charge is 0.263 e. The number of carbonyl (C=O) groups is 1. The van der Waals surface area contributed by atoms with Crippen molar-refractivity contribution in [1.82, 2.24) is 9.99 Å². The number of fused-ring (bicyclic) bond motifs is 1. The van der Waals surface area contributed by atoms with Gasteiger partial charge < -0.3 is 9.30 Å². The Balaban J connectivity index is 1.74. The molecule has 0 saturated carbocycles. The molecule has 2 unspecified atom stereocenters. The SMILES string of the molecule is NNC(=O)C1CCC(Cn2ccc3ccc(Br)cc32)O1. The van der Waals surface area contributed by atoms with Crippen molar-refractivity contribution in [1.29, 1.82) is 0 Å². The summed E-state index contributed by atoms with van der Waals surface area (Å²) in [4.78, 5) is 11.4. The molecule has 1 fully saturated rings. The summed E-state index contributed by atoms with van der Waals surface area (Å²) in [5, 5.41) is 1.20. The van der Waals surface area contributed by atoms with E-state index in [0.717, 1.165) is 29.4 Å². The number of hydrazine groups is 1. The first-order chi connectivity index (χ1) is 9.67. The normalized spacial score (nSPS) is 22.3. The molecule has 3 rings (SSSR count). The van der Waals surface area contributed by atoms with Crippen LogP contribution in [0.4, 0.5) is 0 Å². The van der Waals surface area contributed by atoms with Gasteiger partial charge in [0.05, 0.1) is 6.10 Å². The molecule has 0 aliphatic carbocycles. The third-order valence-electron chi connectivity index (χ3n) is 3.68. The van der Waals surface area contributed by atoms with Crippen LogP contribution in [0, 0.1) is 0 Å². The number of benzene rings is 1. The summed E-state index contributed by atoms with van der Waals surface area (Å²) in [7, 11) is 0. The van der Waals surface area contributed by atoms with Crippen LogP contribution < -0.4 is 11.3 Å². The zero-order valence-corrected chi connectivity index (χ0v) is 12.5. The van der Waals surface area contributed by atoms with Crippen LogP contribution in [0.1, 0.15) is 12.8 Å². The largest absolute Gasteiger partial charge is 0.363 e. The lowest BCUT2D eigenvalue weighted by Crippen LogP contribution is -2.39. The summed E-state index contributed by atoms with van der Waals surface area (Å²) in [5.41, 5.74) is 3.31. The monoisotopic (exact) mass is 337 g/mol. The Morgan fingerprint density at radius 2 is 2.30 bits per heavy atom. The van der Waals surface area contributed by atoms with Crippen molar-refractivity contribution in [3.63, 3.8) is 0 Å². The molecule has 1 aromatic carbocycles. The van der Waals surface area contributed by atoms with Crippen LogP contribution in [0.5, 0.6) is 0 Å². The molecule has 106 valence electrons. The molecule has 0 radical (unpaired) electrons. The van der Waals surface area contributed by atoms with Crippen LogP contribution in [0.2, 0.25) is 0 Å². The number of hydrogen-bond donors (Lipinski definition) is 2. The van der Waals surface area contributed by atoms with Crippen LogP contribution in [0.15, 0.2) is 34.9 Å². The topological polar surface area (TPSA) is 69.3 Å². The van der Waals surface area contributed by atoms with Gasteiger partial charge in [0.25, 0.3) is 5.91 Å². The summed E-state index contributed by atoms with van der Waals surface area (Å²) in [6.07, 6.45) is 3.27. The molecule has 2 atom stereocenters. The lowest BCUT2D eigenvalue weighted by Gasteiger charge is -2.14. The number of hydrogen-bond acceptors (Lipinski definition) is 3. The zero-order chi connectivity index (χ0) is 14.1. The molecule has 3 N–H and O–H groups in total. The fourth-order valence-electron chi connectivity index (χ4n) is 2.66. The van der Waals surface area contributed by atoms with Gasteiger partial charge in [-0.3, -0.25) is 10.2 Å². The molecule has 1 aliphatic heterocycles. The minimum atomic E-state index is -0.418. The molecule has 1 saturated heterocycles. The minimum Gasteiger partial charge on any atom is -0.363 e. The number of ether oxygens (including phenoxy) is 1. The molecule has 1 aromatic heterocycles. The summed E-state index contributed by atoms with van der Waals surface area (Å²) in [6, 6.07) is 8.28. The number of nitrogens with one attached hydrogen (secondary N) is 1. The highest BCUT2D eigenvalue weighted by molar-refractivity contribution is 9.10. The van der Waals surface area contributed by atoms with Crippen LogP contribution in [-0.4, -0.2) is 22.7 Å². The molecular formula is C14H16BrN3O2. The highest BCUT2D eigenvalue weighted by Crippen LogP contribution is 2.25. The maximum atomic E-state index is 11.4. The van der Waals surface area contributed by atoms with Crippen molar-refractivity contribution in [2.45, 2.75) is 31.6 Å². The molecule has 1 amide bonds. The first kappa shape index (κ1) is 13.6. The Bertz CT molecular complexity index is 640. The highest BCUT2D eigenvalue weighted by atomic mass is 79.9. The lowest BCUT2D eigenvalue weighted by atomic mass is 10.2. The Morgan fingerprint density at radius 3 is 3.10 bits per heavy atom. The van der Waals surface area contributed by atoms with Crippen molar-refractivity contribution in [3.8, 4) is 0 Å². The molecule has 2 aromatic rings. The van der Waals surface area contributed by atoms with Crippen molar-refractivity contribution >= 4 is 32.7 Å².